The van der Waals surface area contributed by atoms with Crippen LogP contribution < -0.4 is 0 Å². The minimum atomic E-state index is -0.818. The number of thiophene rings is 1. The first-order chi connectivity index (χ1) is 8.68. The van der Waals surface area contributed by atoms with Gasteiger partial charge in [-0.25, -0.2) is 0 Å². The average molecular weight is 325 g/mol. The molecule has 3 heterocycles. The summed E-state index contributed by atoms with van der Waals surface area (Å²) >= 11 is 1.40. The normalized spacial score (nSPS) is 16.7. The molecule has 0 aliphatic carbocycles. The molecule has 1 unspecified atom stereocenters. The number of fused-ring (bicyclic) bond motifs is 1. The number of carbonyl (C=O) groups excluding carboxylic acids is 1. The van der Waals surface area contributed by atoms with E-state index in [9.17, 15) is 9.59 Å². The van der Waals surface area contributed by atoms with Crippen LogP contribution in [0.4, 0.5) is 0 Å². The van der Waals surface area contributed by atoms with Crippen molar-refractivity contribution in [2.75, 3.05) is 0 Å². The largest absolute Gasteiger partial charge is 0.481 e. The van der Waals surface area contributed by atoms with Crippen LogP contribution in [0, 0.1) is 0 Å². The summed E-state index contributed by atoms with van der Waals surface area (Å²) in [6, 6.07) is 7.11. The summed E-state index contributed by atoms with van der Waals surface area (Å²) in [6.07, 6.45) is 0.566. The first-order valence-electron chi connectivity index (χ1n) is 5.69. The number of carboxylic acid groups (broad SMARTS) is 1. The maximum Gasteiger partial charge on any atom is 0.312 e. The van der Waals surface area contributed by atoms with Gasteiger partial charge in [-0.05, 0) is 30.0 Å². The van der Waals surface area contributed by atoms with Gasteiger partial charge in [0.25, 0.3) is 0 Å². The summed E-state index contributed by atoms with van der Waals surface area (Å²) in [5.41, 5.74) is 1.33. The number of aromatic nitrogens is 1. The molecule has 0 aromatic carbocycles. The maximum absolute atomic E-state index is 12.2. The third kappa shape index (κ3) is 2.27. The van der Waals surface area contributed by atoms with Crippen LogP contribution in [0.25, 0.3) is 0 Å². The van der Waals surface area contributed by atoms with E-state index >= 15 is 0 Å². The van der Waals surface area contributed by atoms with E-state index in [1.165, 1.54) is 11.3 Å². The molecule has 2 aromatic rings. The van der Waals surface area contributed by atoms with Crippen LogP contribution in [-0.4, -0.2) is 21.4 Å². The Kier molecular flexibility index (Phi) is 3.94. The maximum atomic E-state index is 12.2. The van der Waals surface area contributed by atoms with Gasteiger partial charge < -0.3 is 9.67 Å². The molecule has 1 aliphatic heterocycles. The van der Waals surface area contributed by atoms with Crippen molar-refractivity contribution in [1.29, 1.82) is 0 Å². The Bertz CT molecular complexity index is 618. The van der Waals surface area contributed by atoms with Gasteiger partial charge in [0.15, 0.2) is 0 Å². The minimum Gasteiger partial charge on any atom is -0.481 e. The molecule has 1 N–H and O–H groups in total. The van der Waals surface area contributed by atoms with Crippen molar-refractivity contribution in [3.63, 3.8) is 0 Å². The van der Waals surface area contributed by atoms with Gasteiger partial charge in [-0.2, -0.15) is 0 Å². The van der Waals surface area contributed by atoms with Crippen molar-refractivity contribution in [2.24, 2.45) is 0 Å². The summed E-state index contributed by atoms with van der Waals surface area (Å²) in [5, 5.41) is 11.0. The average Bonchev–Trinajstić information content (AvgIpc) is 3.04. The van der Waals surface area contributed by atoms with Gasteiger partial charge in [0.1, 0.15) is 0 Å². The second-order valence-corrected chi connectivity index (χ2v) is 5.23. The Morgan fingerprint density at radius 2 is 2.11 bits per heavy atom. The number of aliphatic carboxylic acids is 1. The van der Waals surface area contributed by atoms with Crippen LogP contribution in [0.2, 0.25) is 0 Å². The summed E-state index contributed by atoms with van der Waals surface area (Å²) in [5.74, 6) is -1.32. The Labute approximate surface area is 124 Å². The van der Waals surface area contributed by atoms with Gasteiger partial charge in [-0.3, -0.25) is 9.59 Å². The van der Waals surface area contributed by atoms with Gasteiger partial charge in [0, 0.05) is 29.3 Å². The zero-order valence-electron chi connectivity index (χ0n) is 9.80. The second kappa shape index (κ2) is 5.33. The molecule has 2 aromatic heterocycles. The van der Waals surface area contributed by atoms with Crippen molar-refractivity contribution in [3.8, 4) is 0 Å². The summed E-state index contributed by atoms with van der Waals surface area (Å²) in [6.45, 7) is 0.603. The van der Waals surface area contributed by atoms with E-state index in [0.717, 1.165) is 5.69 Å². The van der Waals surface area contributed by atoms with Gasteiger partial charge in [-0.1, -0.05) is 6.07 Å². The number of nitrogens with zero attached hydrogens (tertiary/aromatic N) is 1. The molecular formula is C13H11CuNO3S. The van der Waals surface area contributed by atoms with Crippen LogP contribution in [0.3, 0.4) is 0 Å². The van der Waals surface area contributed by atoms with E-state index in [0.29, 0.717) is 23.5 Å². The minimum absolute atomic E-state index is 0. The number of rotatable bonds is 3. The molecular weight excluding hydrogens is 314 g/mol. The summed E-state index contributed by atoms with van der Waals surface area (Å²) in [7, 11) is 0. The molecule has 1 radical (unpaired) electrons. The molecule has 0 saturated carbocycles. The molecule has 0 saturated heterocycles. The SMILES string of the molecule is O=C(c1cccs1)c1ccc2n1CCC2C(=O)O.[Cu]. The molecule has 6 heteroatoms. The molecule has 0 bridgehead atoms. The molecule has 0 amide bonds. The third-order valence-corrected chi connectivity index (χ3v) is 4.16. The molecule has 1 aliphatic rings. The van der Waals surface area contributed by atoms with Crippen LogP contribution in [0.15, 0.2) is 29.6 Å². The van der Waals surface area contributed by atoms with E-state index in [-0.39, 0.29) is 22.9 Å². The number of hydrogen-bond acceptors (Lipinski definition) is 3. The number of ketones is 1. The second-order valence-electron chi connectivity index (χ2n) is 4.28. The number of carbonyl (C=O) groups is 2. The molecule has 103 valence electrons. The smallest absolute Gasteiger partial charge is 0.312 e. The summed E-state index contributed by atoms with van der Waals surface area (Å²) in [4.78, 5) is 24.0. The molecule has 4 nitrogen and oxygen atoms in total. The van der Waals surface area contributed by atoms with E-state index in [4.69, 9.17) is 5.11 Å². The quantitative estimate of drug-likeness (QED) is 0.696. The van der Waals surface area contributed by atoms with Crippen molar-refractivity contribution in [2.45, 2.75) is 18.9 Å². The van der Waals surface area contributed by atoms with E-state index in [1.807, 2.05) is 16.0 Å². The number of carboxylic acids is 1. The fraction of sp³-hybridized carbons (Fsp3) is 0.231. The zero-order chi connectivity index (χ0) is 12.7. The molecule has 3 rings (SSSR count). The fourth-order valence-electron chi connectivity index (χ4n) is 2.43. The Morgan fingerprint density at radius 3 is 2.74 bits per heavy atom. The summed E-state index contributed by atoms with van der Waals surface area (Å²) < 4.78 is 1.83. The molecule has 0 spiro atoms. The molecule has 0 fully saturated rings. The zero-order valence-corrected chi connectivity index (χ0v) is 11.6. The van der Waals surface area contributed by atoms with E-state index in [2.05, 4.69) is 0 Å². The predicted molar refractivity (Wildman–Crippen MR) is 67.2 cm³/mol. The van der Waals surface area contributed by atoms with E-state index < -0.39 is 11.9 Å². The monoisotopic (exact) mass is 324 g/mol. The van der Waals surface area contributed by atoms with Crippen LogP contribution in [0.5, 0.6) is 0 Å². The molecule has 1 atom stereocenters. The van der Waals surface area contributed by atoms with Gasteiger partial charge in [0.2, 0.25) is 5.78 Å². The standard InChI is InChI=1S/C13H11NO3S.Cu/c15-12(11-2-1-7-18-11)10-4-3-9-8(13(16)17)5-6-14(9)10;/h1-4,7-8H,5-6H2,(H,16,17);. The first kappa shape index (κ1) is 14.1. The van der Waals surface area contributed by atoms with Gasteiger partial charge in [-0.15, -0.1) is 11.3 Å². The van der Waals surface area contributed by atoms with Crippen molar-refractivity contribution < 1.29 is 31.8 Å². The van der Waals surface area contributed by atoms with Crippen LogP contribution >= 0.6 is 11.3 Å². The van der Waals surface area contributed by atoms with E-state index in [1.54, 1.807) is 18.2 Å². The van der Waals surface area contributed by atoms with Crippen LogP contribution in [-0.2, 0) is 28.4 Å². The first-order valence-corrected chi connectivity index (χ1v) is 6.57. The van der Waals surface area contributed by atoms with Crippen molar-refractivity contribution in [3.05, 3.63) is 45.9 Å². The Balaban J connectivity index is 0.00000133. The predicted octanol–water partition coefficient (Wildman–Crippen LogP) is 2.35. The Morgan fingerprint density at radius 1 is 1.32 bits per heavy atom. The molecule has 19 heavy (non-hydrogen) atoms. The Hall–Kier alpha value is -1.36. The fourth-order valence-corrected chi connectivity index (χ4v) is 3.10. The van der Waals surface area contributed by atoms with Gasteiger partial charge in [0.05, 0.1) is 16.5 Å². The van der Waals surface area contributed by atoms with Crippen molar-refractivity contribution in [1.82, 2.24) is 4.57 Å². The number of hydrogen-bond donors (Lipinski definition) is 1. The third-order valence-electron chi connectivity index (χ3n) is 3.29. The topological polar surface area (TPSA) is 59.3 Å². The van der Waals surface area contributed by atoms with Crippen LogP contribution in [0.1, 0.15) is 33.4 Å². The van der Waals surface area contributed by atoms with Crippen molar-refractivity contribution >= 4 is 23.1 Å². The van der Waals surface area contributed by atoms with Gasteiger partial charge >= 0.3 is 5.97 Å².